The molecular formula is C18H24ClN5O2. The van der Waals surface area contributed by atoms with E-state index in [1.807, 2.05) is 31.3 Å². The van der Waals surface area contributed by atoms with Gasteiger partial charge in [-0.25, -0.2) is 9.97 Å². The summed E-state index contributed by atoms with van der Waals surface area (Å²) >= 11 is 6.15. The second-order valence-electron chi connectivity index (χ2n) is 5.97. The SMILES string of the molecule is CNc1c(Cl)ncnc1N1CCN(CCOc2cccc(OC)c2)CC1. The Balaban J connectivity index is 1.47. The number of nitrogens with one attached hydrogen (secondary N) is 1. The fourth-order valence-corrected chi connectivity index (χ4v) is 3.20. The summed E-state index contributed by atoms with van der Waals surface area (Å²) in [6.07, 6.45) is 1.51. The van der Waals surface area contributed by atoms with E-state index in [0.717, 1.165) is 55.7 Å². The first-order chi connectivity index (χ1) is 12.7. The van der Waals surface area contributed by atoms with Crippen LogP contribution in [0.4, 0.5) is 11.5 Å². The fraction of sp³-hybridized carbons (Fsp3) is 0.444. The second kappa shape index (κ2) is 8.91. The molecule has 1 aliphatic rings. The second-order valence-corrected chi connectivity index (χ2v) is 6.33. The molecule has 0 spiro atoms. The number of anilines is 2. The molecule has 0 aliphatic carbocycles. The molecule has 1 aromatic carbocycles. The van der Waals surface area contributed by atoms with Gasteiger partial charge in [0.1, 0.15) is 30.1 Å². The number of rotatable bonds is 7. The van der Waals surface area contributed by atoms with Crippen LogP contribution < -0.4 is 19.7 Å². The zero-order valence-corrected chi connectivity index (χ0v) is 15.9. The van der Waals surface area contributed by atoms with Crippen LogP contribution >= 0.6 is 11.6 Å². The smallest absolute Gasteiger partial charge is 0.157 e. The summed E-state index contributed by atoms with van der Waals surface area (Å²) < 4.78 is 11.0. The molecule has 2 heterocycles. The van der Waals surface area contributed by atoms with Crippen molar-refractivity contribution in [3.05, 3.63) is 35.7 Å². The van der Waals surface area contributed by atoms with Crippen molar-refractivity contribution in [3.63, 3.8) is 0 Å². The van der Waals surface area contributed by atoms with Gasteiger partial charge < -0.3 is 19.7 Å². The number of ether oxygens (including phenoxy) is 2. The van der Waals surface area contributed by atoms with Gasteiger partial charge in [-0.15, -0.1) is 0 Å². The molecule has 3 rings (SSSR count). The van der Waals surface area contributed by atoms with Crippen LogP contribution in [0.3, 0.4) is 0 Å². The summed E-state index contributed by atoms with van der Waals surface area (Å²) in [6.45, 7) is 5.21. The van der Waals surface area contributed by atoms with Crippen molar-refractivity contribution in [3.8, 4) is 11.5 Å². The number of aromatic nitrogens is 2. The van der Waals surface area contributed by atoms with Crippen molar-refractivity contribution < 1.29 is 9.47 Å². The van der Waals surface area contributed by atoms with Crippen LogP contribution in [-0.4, -0.2) is 68.4 Å². The van der Waals surface area contributed by atoms with E-state index >= 15 is 0 Å². The van der Waals surface area contributed by atoms with Crippen LogP contribution in [0.1, 0.15) is 0 Å². The van der Waals surface area contributed by atoms with Gasteiger partial charge in [0.25, 0.3) is 0 Å². The van der Waals surface area contributed by atoms with Crippen LogP contribution in [0.5, 0.6) is 11.5 Å². The number of benzene rings is 1. The van der Waals surface area contributed by atoms with Crippen LogP contribution in [0, 0.1) is 0 Å². The Bertz CT molecular complexity index is 722. The molecule has 2 aromatic rings. The highest BCUT2D eigenvalue weighted by Crippen LogP contribution is 2.29. The van der Waals surface area contributed by atoms with E-state index in [1.54, 1.807) is 7.11 Å². The van der Waals surface area contributed by atoms with Gasteiger partial charge >= 0.3 is 0 Å². The maximum atomic E-state index is 6.15. The minimum absolute atomic E-state index is 0.451. The third-order valence-electron chi connectivity index (χ3n) is 4.42. The lowest BCUT2D eigenvalue weighted by atomic mass is 10.3. The third-order valence-corrected chi connectivity index (χ3v) is 4.71. The topological polar surface area (TPSA) is 62.8 Å². The highest BCUT2D eigenvalue weighted by Gasteiger charge is 2.21. The molecule has 140 valence electrons. The normalized spacial score (nSPS) is 15.0. The van der Waals surface area contributed by atoms with Gasteiger partial charge in [0, 0.05) is 45.8 Å². The first kappa shape index (κ1) is 18.5. The number of hydrogen-bond acceptors (Lipinski definition) is 7. The maximum absolute atomic E-state index is 6.15. The molecule has 0 saturated carbocycles. The zero-order chi connectivity index (χ0) is 18.4. The van der Waals surface area contributed by atoms with E-state index in [1.165, 1.54) is 6.33 Å². The van der Waals surface area contributed by atoms with E-state index in [4.69, 9.17) is 21.1 Å². The van der Waals surface area contributed by atoms with E-state index < -0.39 is 0 Å². The Morgan fingerprint density at radius 1 is 1.15 bits per heavy atom. The average molecular weight is 378 g/mol. The molecule has 1 aliphatic heterocycles. The first-order valence-electron chi connectivity index (χ1n) is 8.63. The van der Waals surface area contributed by atoms with E-state index in [2.05, 4.69) is 25.1 Å². The van der Waals surface area contributed by atoms with Crippen molar-refractivity contribution in [1.82, 2.24) is 14.9 Å². The van der Waals surface area contributed by atoms with Crippen molar-refractivity contribution in [2.75, 3.05) is 63.7 Å². The molecular weight excluding hydrogens is 354 g/mol. The number of halogens is 1. The molecule has 0 bridgehead atoms. The van der Waals surface area contributed by atoms with Gasteiger partial charge in [-0.2, -0.15) is 0 Å². The minimum atomic E-state index is 0.451. The van der Waals surface area contributed by atoms with Crippen LogP contribution in [0.25, 0.3) is 0 Å². The van der Waals surface area contributed by atoms with Gasteiger partial charge in [-0.1, -0.05) is 17.7 Å². The number of methoxy groups -OCH3 is 1. The van der Waals surface area contributed by atoms with Gasteiger partial charge in [0.2, 0.25) is 0 Å². The highest BCUT2D eigenvalue weighted by atomic mass is 35.5. The van der Waals surface area contributed by atoms with E-state index in [0.29, 0.717) is 11.8 Å². The molecule has 0 amide bonds. The standard InChI is InChI=1S/C18H24ClN5O2/c1-20-16-17(19)21-13-22-18(16)24-8-6-23(7-9-24)10-11-26-15-5-3-4-14(12-15)25-2/h3-5,12-13,20H,6-11H2,1-2H3. The summed E-state index contributed by atoms with van der Waals surface area (Å²) in [7, 11) is 3.49. The Kier molecular flexibility index (Phi) is 6.35. The molecule has 8 heteroatoms. The molecule has 1 fully saturated rings. The zero-order valence-electron chi connectivity index (χ0n) is 15.1. The summed E-state index contributed by atoms with van der Waals surface area (Å²) in [6, 6.07) is 7.68. The van der Waals surface area contributed by atoms with Crippen LogP contribution in [-0.2, 0) is 0 Å². The third kappa shape index (κ3) is 4.47. The Morgan fingerprint density at radius 2 is 1.92 bits per heavy atom. The van der Waals surface area contributed by atoms with Crippen molar-refractivity contribution in [2.45, 2.75) is 0 Å². The van der Waals surface area contributed by atoms with Crippen molar-refractivity contribution in [1.29, 1.82) is 0 Å². The van der Waals surface area contributed by atoms with Crippen molar-refractivity contribution >= 4 is 23.1 Å². The molecule has 0 unspecified atom stereocenters. The number of piperazine rings is 1. The maximum Gasteiger partial charge on any atom is 0.157 e. The molecule has 1 aromatic heterocycles. The minimum Gasteiger partial charge on any atom is -0.497 e. The molecule has 7 nitrogen and oxygen atoms in total. The van der Waals surface area contributed by atoms with Gasteiger partial charge in [0.05, 0.1) is 7.11 Å². The molecule has 0 atom stereocenters. The van der Waals surface area contributed by atoms with Crippen molar-refractivity contribution in [2.24, 2.45) is 0 Å². The Labute approximate surface area is 158 Å². The van der Waals surface area contributed by atoms with Gasteiger partial charge in [0.15, 0.2) is 11.0 Å². The summed E-state index contributed by atoms with van der Waals surface area (Å²) in [4.78, 5) is 13.0. The molecule has 0 radical (unpaired) electrons. The number of nitrogens with zero attached hydrogens (tertiary/aromatic N) is 4. The molecule has 26 heavy (non-hydrogen) atoms. The largest absolute Gasteiger partial charge is 0.497 e. The first-order valence-corrected chi connectivity index (χ1v) is 9.01. The lowest BCUT2D eigenvalue weighted by Crippen LogP contribution is -2.48. The Morgan fingerprint density at radius 3 is 2.65 bits per heavy atom. The van der Waals surface area contributed by atoms with Gasteiger partial charge in [-0.3, -0.25) is 4.90 Å². The fourth-order valence-electron chi connectivity index (χ4n) is 2.98. The quantitative estimate of drug-likeness (QED) is 0.743. The lowest BCUT2D eigenvalue weighted by Gasteiger charge is -2.36. The van der Waals surface area contributed by atoms with Crippen LogP contribution in [0.2, 0.25) is 5.15 Å². The van der Waals surface area contributed by atoms with E-state index in [-0.39, 0.29) is 0 Å². The van der Waals surface area contributed by atoms with E-state index in [9.17, 15) is 0 Å². The monoisotopic (exact) mass is 377 g/mol. The summed E-state index contributed by atoms with van der Waals surface area (Å²) in [5, 5.41) is 3.54. The molecule has 1 saturated heterocycles. The lowest BCUT2D eigenvalue weighted by molar-refractivity contribution is 0.200. The predicted molar refractivity (Wildman–Crippen MR) is 104 cm³/mol. The molecule has 1 N–H and O–H groups in total. The summed E-state index contributed by atoms with van der Waals surface area (Å²) in [5.74, 6) is 2.50. The van der Waals surface area contributed by atoms with Crippen LogP contribution in [0.15, 0.2) is 30.6 Å². The average Bonchev–Trinajstić information content (AvgIpc) is 2.68. The number of hydrogen-bond donors (Lipinski definition) is 1. The predicted octanol–water partition coefficient (Wildman–Crippen LogP) is 2.38. The highest BCUT2D eigenvalue weighted by molar-refractivity contribution is 6.32. The summed E-state index contributed by atoms with van der Waals surface area (Å²) in [5.41, 5.74) is 0.781. The Hall–Kier alpha value is -2.25. The van der Waals surface area contributed by atoms with Gasteiger partial charge in [-0.05, 0) is 12.1 Å².